The molecular formula is C14H21N5O3. The zero-order valence-electron chi connectivity index (χ0n) is 12.9. The van der Waals surface area contributed by atoms with Crippen LogP contribution in [-0.2, 0) is 14.3 Å². The minimum Gasteiger partial charge on any atom is -0.366 e. The lowest BCUT2D eigenvalue weighted by atomic mass is 9.94. The molecule has 0 bridgehead atoms. The highest BCUT2D eigenvalue weighted by Gasteiger charge is 2.35. The van der Waals surface area contributed by atoms with E-state index in [1.165, 1.54) is 0 Å². The Hall–Kier alpha value is -1.96. The summed E-state index contributed by atoms with van der Waals surface area (Å²) in [6.07, 6.45) is 0.726. The maximum Gasteiger partial charge on any atom is 0.226 e. The maximum absolute atomic E-state index is 12.6. The first-order chi connectivity index (χ1) is 10.5. The molecule has 2 atom stereocenters. The lowest BCUT2D eigenvalue weighted by molar-refractivity contribution is -0.149. The lowest BCUT2D eigenvalue weighted by Crippen LogP contribution is -2.48. The number of carbonyl (C=O) groups excluding carboxylic acids is 2. The van der Waals surface area contributed by atoms with E-state index in [4.69, 9.17) is 4.74 Å². The molecule has 1 aromatic rings. The molecule has 3 rings (SSSR count). The van der Waals surface area contributed by atoms with Crippen molar-refractivity contribution >= 4 is 11.8 Å². The second-order valence-corrected chi connectivity index (χ2v) is 5.93. The van der Waals surface area contributed by atoms with Crippen LogP contribution in [0.4, 0.5) is 0 Å². The number of hydrogen-bond donors (Lipinski definition) is 1. The zero-order valence-corrected chi connectivity index (χ0v) is 12.9. The van der Waals surface area contributed by atoms with Gasteiger partial charge in [-0.3, -0.25) is 14.7 Å². The Kier molecular flexibility index (Phi) is 4.10. The Bertz CT molecular complexity index is 573. The smallest absolute Gasteiger partial charge is 0.226 e. The second kappa shape index (κ2) is 6.04. The van der Waals surface area contributed by atoms with Gasteiger partial charge in [0, 0.05) is 32.5 Å². The number of carbonyl (C=O) groups is 2. The summed E-state index contributed by atoms with van der Waals surface area (Å²) in [6, 6.07) is 0. The minimum absolute atomic E-state index is 0.0407. The number of likely N-dealkylation sites (tertiary alicyclic amines) is 1. The summed E-state index contributed by atoms with van der Waals surface area (Å²) < 4.78 is 5.67. The van der Waals surface area contributed by atoms with E-state index in [0.717, 1.165) is 12.2 Å². The number of aromatic amines is 1. The molecule has 2 aliphatic rings. The van der Waals surface area contributed by atoms with Gasteiger partial charge in [0.1, 0.15) is 11.9 Å². The number of nitrogens with one attached hydrogen (secondary N) is 1. The van der Waals surface area contributed by atoms with Gasteiger partial charge < -0.3 is 14.5 Å². The molecule has 3 heterocycles. The quantitative estimate of drug-likeness (QED) is 0.822. The summed E-state index contributed by atoms with van der Waals surface area (Å²) in [5.41, 5.74) is 0. The van der Waals surface area contributed by atoms with Crippen molar-refractivity contribution in [1.82, 2.24) is 25.0 Å². The molecule has 0 saturated carbocycles. The van der Waals surface area contributed by atoms with Gasteiger partial charge in [0.25, 0.3) is 0 Å². The molecule has 2 fully saturated rings. The number of ether oxygens (including phenoxy) is 1. The van der Waals surface area contributed by atoms with E-state index in [1.54, 1.807) is 16.8 Å². The molecule has 2 saturated heterocycles. The van der Waals surface area contributed by atoms with E-state index in [-0.39, 0.29) is 23.8 Å². The molecule has 0 spiro atoms. The number of amides is 2. The summed E-state index contributed by atoms with van der Waals surface area (Å²) in [6.45, 7) is 3.93. The first-order valence-corrected chi connectivity index (χ1v) is 7.58. The van der Waals surface area contributed by atoms with Crippen LogP contribution in [0.3, 0.4) is 0 Å². The highest BCUT2D eigenvalue weighted by molar-refractivity contribution is 5.87. The van der Waals surface area contributed by atoms with Crippen LogP contribution < -0.4 is 0 Å². The Morgan fingerprint density at radius 3 is 2.91 bits per heavy atom. The van der Waals surface area contributed by atoms with Crippen LogP contribution in [-0.4, -0.2) is 70.1 Å². The van der Waals surface area contributed by atoms with Gasteiger partial charge in [-0.1, -0.05) is 0 Å². The molecule has 1 N–H and O–H groups in total. The fourth-order valence-electron chi connectivity index (χ4n) is 2.92. The maximum atomic E-state index is 12.6. The Morgan fingerprint density at radius 1 is 1.41 bits per heavy atom. The molecule has 0 aromatic carbocycles. The molecule has 2 aliphatic heterocycles. The number of aromatic nitrogens is 3. The normalized spacial score (nSPS) is 26.4. The summed E-state index contributed by atoms with van der Waals surface area (Å²) in [4.78, 5) is 32.2. The van der Waals surface area contributed by atoms with Gasteiger partial charge in [-0.05, 0) is 13.3 Å². The minimum atomic E-state index is -0.301. The van der Waals surface area contributed by atoms with Crippen LogP contribution in [0.15, 0.2) is 0 Å². The predicted octanol–water partition coefficient (Wildman–Crippen LogP) is -0.119. The first-order valence-electron chi connectivity index (χ1n) is 7.58. The first kappa shape index (κ1) is 15.0. The fraction of sp³-hybridized carbons (Fsp3) is 0.714. The highest BCUT2D eigenvalue weighted by atomic mass is 16.5. The number of hydrogen-bond acceptors (Lipinski definition) is 5. The van der Waals surface area contributed by atoms with Crippen LogP contribution in [0, 0.1) is 12.8 Å². The topological polar surface area (TPSA) is 91.4 Å². The van der Waals surface area contributed by atoms with Crippen LogP contribution in [0.5, 0.6) is 0 Å². The number of piperidine rings is 1. The van der Waals surface area contributed by atoms with E-state index < -0.39 is 0 Å². The Morgan fingerprint density at radius 2 is 2.23 bits per heavy atom. The lowest BCUT2D eigenvalue weighted by Gasteiger charge is -2.36. The summed E-state index contributed by atoms with van der Waals surface area (Å²) >= 11 is 0. The molecule has 2 unspecified atom stereocenters. The zero-order chi connectivity index (χ0) is 15.7. The van der Waals surface area contributed by atoms with Crippen molar-refractivity contribution in [3.63, 3.8) is 0 Å². The van der Waals surface area contributed by atoms with Crippen molar-refractivity contribution in [3.8, 4) is 0 Å². The van der Waals surface area contributed by atoms with Crippen LogP contribution in [0.1, 0.15) is 30.6 Å². The van der Waals surface area contributed by atoms with Gasteiger partial charge in [-0.25, -0.2) is 4.98 Å². The van der Waals surface area contributed by atoms with E-state index in [2.05, 4.69) is 15.2 Å². The second-order valence-electron chi connectivity index (χ2n) is 5.93. The molecule has 2 amide bonds. The van der Waals surface area contributed by atoms with E-state index >= 15 is 0 Å². The predicted molar refractivity (Wildman–Crippen MR) is 76.8 cm³/mol. The van der Waals surface area contributed by atoms with Crippen molar-refractivity contribution in [2.45, 2.75) is 25.9 Å². The van der Waals surface area contributed by atoms with Crippen molar-refractivity contribution in [1.29, 1.82) is 0 Å². The molecular weight excluding hydrogens is 286 g/mol. The van der Waals surface area contributed by atoms with Gasteiger partial charge in [-0.2, -0.15) is 5.10 Å². The average molecular weight is 307 g/mol. The van der Waals surface area contributed by atoms with Crippen molar-refractivity contribution in [2.75, 3.05) is 33.3 Å². The molecule has 120 valence electrons. The van der Waals surface area contributed by atoms with E-state index in [1.807, 2.05) is 6.92 Å². The van der Waals surface area contributed by atoms with E-state index in [0.29, 0.717) is 38.5 Å². The molecule has 8 heteroatoms. The number of rotatable bonds is 2. The van der Waals surface area contributed by atoms with Crippen LogP contribution in [0.25, 0.3) is 0 Å². The average Bonchev–Trinajstić information content (AvgIpc) is 2.96. The molecule has 8 nitrogen and oxygen atoms in total. The van der Waals surface area contributed by atoms with Crippen LogP contribution in [0.2, 0.25) is 0 Å². The molecule has 0 aliphatic carbocycles. The molecule has 1 aromatic heterocycles. The van der Waals surface area contributed by atoms with E-state index in [9.17, 15) is 9.59 Å². The Labute approximate surface area is 128 Å². The summed E-state index contributed by atoms with van der Waals surface area (Å²) in [7, 11) is 1.78. The van der Waals surface area contributed by atoms with Gasteiger partial charge >= 0.3 is 0 Å². The van der Waals surface area contributed by atoms with Gasteiger partial charge in [-0.15, -0.1) is 0 Å². The Balaban J connectivity index is 1.64. The van der Waals surface area contributed by atoms with Crippen LogP contribution >= 0.6 is 0 Å². The molecule has 0 radical (unpaired) electrons. The summed E-state index contributed by atoms with van der Waals surface area (Å²) in [5.74, 6) is 1.18. The highest BCUT2D eigenvalue weighted by Crippen LogP contribution is 2.24. The monoisotopic (exact) mass is 307 g/mol. The number of H-pyrrole nitrogens is 1. The third kappa shape index (κ3) is 2.96. The third-order valence-electron chi connectivity index (χ3n) is 4.29. The SMILES string of the molecule is Cc1nc(C2CN(C(=O)C3CCN(C)C(=O)C3)CCO2)n[nH]1. The fourth-order valence-corrected chi connectivity index (χ4v) is 2.92. The van der Waals surface area contributed by atoms with Gasteiger partial charge in [0.2, 0.25) is 11.8 Å². The number of aryl methyl sites for hydroxylation is 1. The van der Waals surface area contributed by atoms with Crippen molar-refractivity contribution in [2.24, 2.45) is 5.92 Å². The molecule has 22 heavy (non-hydrogen) atoms. The third-order valence-corrected chi connectivity index (χ3v) is 4.29. The van der Waals surface area contributed by atoms with Gasteiger partial charge in [0.05, 0.1) is 13.2 Å². The number of nitrogens with zero attached hydrogens (tertiary/aromatic N) is 4. The standard InChI is InChI=1S/C14H21N5O3/c1-9-15-13(17-16-9)11-8-19(5-6-22-11)14(21)10-3-4-18(2)12(20)7-10/h10-11H,3-8H2,1-2H3,(H,15,16,17). The largest absolute Gasteiger partial charge is 0.366 e. The number of morpholine rings is 1. The summed E-state index contributed by atoms with van der Waals surface area (Å²) in [5, 5.41) is 6.90. The van der Waals surface area contributed by atoms with Crippen molar-refractivity contribution < 1.29 is 14.3 Å². The van der Waals surface area contributed by atoms with Crippen molar-refractivity contribution in [3.05, 3.63) is 11.6 Å². The van der Waals surface area contributed by atoms with Gasteiger partial charge in [0.15, 0.2) is 5.82 Å².